The molecule has 8 heteroatoms. The summed E-state index contributed by atoms with van der Waals surface area (Å²) >= 11 is 0. The Bertz CT molecular complexity index is 1420. The third-order valence-corrected chi connectivity index (χ3v) is 8.20. The molecule has 8 nitrogen and oxygen atoms in total. The monoisotopic (exact) mass is 553 g/mol. The first-order chi connectivity index (χ1) is 20.0. The molecular formula is C33H35N3O5. The number of likely N-dealkylation sites (tertiary alicyclic amines) is 1. The molecule has 0 unspecified atom stereocenters. The number of nitrogens with zero attached hydrogens (tertiary/aromatic N) is 2. The lowest BCUT2D eigenvalue weighted by Crippen LogP contribution is -2.49. The Morgan fingerprint density at radius 2 is 1.76 bits per heavy atom. The zero-order chi connectivity index (χ0) is 28.8. The standard InChI is InChI=1S/C33H35N3O5/c1-3-22-41-32(39)33(23-10-5-4-6-11-23)18-15-26(25-12-7-8-14-28(25)33)31(38)36-20-16-24(17-21-36)35-29(37)27-13-9-19-34-30(27)40-2/h3-14,19,24,26H,1,15-18,20-22H2,2H3,(H,35,37)/t26-,33+/m1/s1. The van der Waals surface area contributed by atoms with Crippen LogP contribution in [0, 0.1) is 0 Å². The summed E-state index contributed by atoms with van der Waals surface area (Å²) in [5.41, 5.74) is 1.93. The number of piperidine rings is 1. The van der Waals surface area contributed by atoms with Gasteiger partial charge in [-0.15, -0.1) is 0 Å². The number of esters is 1. The van der Waals surface area contributed by atoms with Crippen LogP contribution in [0.25, 0.3) is 0 Å². The van der Waals surface area contributed by atoms with Crippen molar-refractivity contribution in [3.63, 3.8) is 0 Å². The molecule has 0 saturated carbocycles. The fraction of sp³-hybridized carbons (Fsp3) is 0.333. The lowest BCUT2D eigenvalue weighted by atomic mass is 9.63. The highest BCUT2D eigenvalue weighted by Crippen LogP contribution is 2.48. The first-order valence-corrected chi connectivity index (χ1v) is 14.0. The van der Waals surface area contributed by atoms with Crippen LogP contribution in [-0.2, 0) is 19.7 Å². The molecule has 1 fully saturated rings. The van der Waals surface area contributed by atoms with Gasteiger partial charge in [-0.3, -0.25) is 14.4 Å². The number of pyridine rings is 1. The van der Waals surface area contributed by atoms with Crippen LogP contribution in [0.4, 0.5) is 0 Å². The van der Waals surface area contributed by atoms with Gasteiger partial charge in [0.1, 0.15) is 17.6 Å². The number of amides is 2. The van der Waals surface area contributed by atoms with Crippen LogP contribution >= 0.6 is 0 Å². The molecule has 0 radical (unpaired) electrons. The minimum atomic E-state index is -0.998. The fourth-order valence-corrected chi connectivity index (χ4v) is 6.16. The van der Waals surface area contributed by atoms with Gasteiger partial charge >= 0.3 is 5.97 Å². The van der Waals surface area contributed by atoms with E-state index in [0.717, 1.165) is 16.7 Å². The van der Waals surface area contributed by atoms with Gasteiger partial charge in [0.25, 0.3) is 5.91 Å². The molecule has 1 aliphatic carbocycles. The van der Waals surface area contributed by atoms with Crippen LogP contribution in [0.2, 0.25) is 0 Å². The normalized spacial score (nSPS) is 20.4. The Morgan fingerprint density at radius 3 is 2.49 bits per heavy atom. The van der Waals surface area contributed by atoms with Crippen LogP contribution in [0.3, 0.4) is 0 Å². The maximum absolute atomic E-state index is 13.9. The SMILES string of the molecule is C=CCOC(=O)[C@]1(c2ccccc2)CC[C@@H](C(=O)N2CCC(NC(=O)c3cccnc3OC)CC2)c2ccccc21. The van der Waals surface area contributed by atoms with Crippen molar-refractivity contribution in [1.82, 2.24) is 15.2 Å². The molecule has 1 N–H and O–H groups in total. The Hall–Kier alpha value is -4.46. The zero-order valence-electron chi connectivity index (χ0n) is 23.3. The maximum atomic E-state index is 13.9. The molecular weight excluding hydrogens is 518 g/mol. The summed E-state index contributed by atoms with van der Waals surface area (Å²) < 4.78 is 10.9. The predicted octanol–water partition coefficient (Wildman–Crippen LogP) is 4.40. The van der Waals surface area contributed by atoms with Crippen LogP contribution in [0.5, 0.6) is 5.88 Å². The van der Waals surface area contributed by atoms with E-state index in [1.165, 1.54) is 7.11 Å². The van der Waals surface area contributed by atoms with Crippen molar-refractivity contribution in [2.45, 2.75) is 43.1 Å². The number of carbonyl (C=O) groups is 3. The van der Waals surface area contributed by atoms with E-state index in [9.17, 15) is 14.4 Å². The Kier molecular flexibility index (Phi) is 8.47. The van der Waals surface area contributed by atoms with Gasteiger partial charge in [-0.2, -0.15) is 0 Å². The number of hydrogen-bond donors (Lipinski definition) is 1. The smallest absolute Gasteiger partial charge is 0.321 e. The molecule has 1 saturated heterocycles. The molecule has 1 aromatic heterocycles. The van der Waals surface area contributed by atoms with Crippen LogP contribution in [-0.4, -0.2) is 60.5 Å². The average Bonchev–Trinajstić information content (AvgIpc) is 3.03. The van der Waals surface area contributed by atoms with Crippen molar-refractivity contribution < 1.29 is 23.9 Å². The van der Waals surface area contributed by atoms with Crippen LogP contribution in [0.1, 0.15) is 58.6 Å². The van der Waals surface area contributed by atoms with Gasteiger partial charge in [0.05, 0.1) is 13.0 Å². The minimum Gasteiger partial charge on any atom is -0.480 e. The largest absolute Gasteiger partial charge is 0.480 e. The number of aromatic nitrogens is 1. The third-order valence-electron chi connectivity index (χ3n) is 8.20. The molecule has 2 heterocycles. The molecule has 2 aromatic carbocycles. The van der Waals surface area contributed by atoms with Crippen molar-refractivity contribution in [2.24, 2.45) is 0 Å². The van der Waals surface area contributed by atoms with Gasteiger partial charge in [0, 0.05) is 25.3 Å². The predicted molar refractivity (Wildman–Crippen MR) is 155 cm³/mol. The average molecular weight is 554 g/mol. The van der Waals surface area contributed by atoms with Crippen molar-refractivity contribution in [3.8, 4) is 5.88 Å². The molecule has 1 aliphatic heterocycles. The van der Waals surface area contributed by atoms with Gasteiger partial charge < -0.3 is 19.7 Å². The number of benzene rings is 2. The quantitative estimate of drug-likeness (QED) is 0.328. The molecule has 3 aromatic rings. The van der Waals surface area contributed by atoms with Gasteiger partial charge in [-0.1, -0.05) is 67.3 Å². The van der Waals surface area contributed by atoms with E-state index in [2.05, 4.69) is 16.9 Å². The highest BCUT2D eigenvalue weighted by atomic mass is 16.5. The maximum Gasteiger partial charge on any atom is 0.321 e. The van der Waals surface area contributed by atoms with E-state index >= 15 is 0 Å². The number of ether oxygens (including phenoxy) is 2. The first kappa shape index (κ1) is 28.1. The number of rotatable bonds is 8. The number of carbonyl (C=O) groups excluding carboxylic acids is 3. The van der Waals surface area contributed by atoms with E-state index in [4.69, 9.17) is 9.47 Å². The Balaban J connectivity index is 1.33. The fourth-order valence-electron chi connectivity index (χ4n) is 6.16. The summed E-state index contributed by atoms with van der Waals surface area (Å²) in [5.74, 6) is -0.586. The third kappa shape index (κ3) is 5.46. The van der Waals surface area contributed by atoms with E-state index in [-0.39, 0.29) is 42.2 Å². The molecule has 0 bridgehead atoms. The van der Waals surface area contributed by atoms with Crippen molar-refractivity contribution >= 4 is 17.8 Å². The lowest BCUT2D eigenvalue weighted by molar-refractivity contribution is -0.149. The van der Waals surface area contributed by atoms with Crippen molar-refractivity contribution in [3.05, 3.63) is 108 Å². The van der Waals surface area contributed by atoms with Gasteiger partial charge in [-0.25, -0.2) is 4.98 Å². The van der Waals surface area contributed by atoms with Gasteiger partial charge in [0.2, 0.25) is 11.8 Å². The topological polar surface area (TPSA) is 97.8 Å². The molecule has 2 atom stereocenters. The molecule has 2 amide bonds. The minimum absolute atomic E-state index is 0.0530. The van der Waals surface area contributed by atoms with E-state index in [0.29, 0.717) is 44.3 Å². The highest BCUT2D eigenvalue weighted by Gasteiger charge is 2.50. The summed E-state index contributed by atoms with van der Waals surface area (Å²) in [6, 6.07) is 20.7. The number of methoxy groups -OCH3 is 1. The number of fused-ring (bicyclic) bond motifs is 1. The van der Waals surface area contributed by atoms with Gasteiger partial charge in [0.15, 0.2) is 0 Å². The lowest BCUT2D eigenvalue weighted by Gasteiger charge is -2.42. The number of hydrogen-bond acceptors (Lipinski definition) is 6. The first-order valence-electron chi connectivity index (χ1n) is 14.0. The molecule has 2 aliphatic rings. The summed E-state index contributed by atoms with van der Waals surface area (Å²) in [6.07, 6.45) is 5.42. The zero-order valence-corrected chi connectivity index (χ0v) is 23.3. The molecule has 212 valence electrons. The summed E-state index contributed by atoms with van der Waals surface area (Å²) in [5, 5.41) is 3.07. The molecule has 0 spiro atoms. The second-order valence-corrected chi connectivity index (χ2v) is 10.5. The van der Waals surface area contributed by atoms with E-state index in [1.807, 2.05) is 59.5 Å². The van der Waals surface area contributed by atoms with Crippen molar-refractivity contribution in [1.29, 1.82) is 0 Å². The van der Waals surface area contributed by atoms with Gasteiger partial charge in [-0.05, 0) is 54.5 Å². The molecule has 5 rings (SSSR count). The second-order valence-electron chi connectivity index (χ2n) is 10.5. The summed E-state index contributed by atoms with van der Waals surface area (Å²) in [6.45, 7) is 4.89. The van der Waals surface area contributed by atoms with E-state index in [1.54, 1.807) is 24.4 Å². The molecule has 41 heavy (non-hydrogen) atoms. The van der Waals surface area contributed by atoms with E-state index < -0.39 is 5.41 Å². The van der Waals surface area contributed by atoms with Crippen LogP contribution < -0.4 is 10.1 Å². The summed E-state index contributed by atoms with van der Waals surface area (Å²) in [4.78, 5) is 46.4. The Morgan fingerprint density at radius 1 is 1.02 bits per heavy atom. The summed E-state index contributed by atoms with van der Waals surface area (Å²) in [7, 11) is 1.49. The van der Waals surface area contributed by atoms with Crippen LogP contribution in [0.15, 0.2) is 85.6 Å². The highest BCUT2D eigenvalue weighted by molar-refractivity contribution is 5.96. The Labute approximate surface area is 240 Å². The number of nitrogens with one attached hydrogen (secondary N) is 1. The second kappa shape index (κ2) is 12.4. The van der Waals surface area contributed by atoms with Crippen molar-refractivity contribution in [2.75, 3.05) is 26.8 Å².